The molecule has 1 aromatic carbocycles. The smallest absolute Gasteiger partial charge is 0.243 e. The summed E-state index contributed by atoms with van der Waals surface area (Å²) in [7, 11) is -3.64. The van der Waals surface area contributed by atoms with E-state index in [2.05, 4.69) is 15.2 Å². The second kappa shape index (κ2) is 7.09. The van der Waals surface area contributed by atoms with Crippen molar-refractivity contribution in [3.8, 4) is 17.1 Å². The summed E-state index contributed by atoms with van der Waals surface area (Å²) in [6, 6.07) is 10.3. The van der Waals surface area contributed by atoms with Crippen LogP contribution in [-0.2, 0) is 23.1 Å². The lowest BCUT2D eigenvalue weighted by atomic mass is 10.2. The van der Waals surface area contributed by atoms with Crippen molar-refractivity contribution in [1.82, 2.24) is 24.1 Å². The normalized spacial score (nSPS) is 14.7. The average molecular weight is 385 g/mol. The van der Waals surface area contributed by atoms with Gasteiger partial charge in [0, 0.05) is 37.1 Å². The van der Waals surface area contributed by atoms with E-state index < -0.39 is 10.0 Å². The Balaban J connectivity index is 1.61. The molecule has 3 heterocycles. The van der Waals surface area contributed by atoms with Crippen molar-refractivity contribution in [3.05, 3.63) is 54.6 Å². The minimum absolute atomic E-state index is 0.175. The first-order chi connectivity index (χ1) is 13.1. The summed E-state index contributed by atoms with van der Waals surface area (Å²) in [6.45, 7) is 3.34. The molecule has 140 valence electrons. The summed E-state index contributed by atoms with van der Waals surface area (Å²) in [5.41, 5.74) is 0.858. The van der Waals surface area contributed by atoms with Crippen LogP contribution in [0.25, 0.3) is 11.4 Å². The van der Waals surface area contributed by atoms with Crippen molar-refractivity contribution in [2.75, 3.05) is 13.2 Å². The molecule has 3 aromatic rings. The third-order valence-corrected chi connectivity index (χ3v) is 6.23. The van der Waals surface area contributed by atoms with Gasteiger partial charge in [-0.1, -0.05) is 6.07 Å². The molecule has 2 aromatic heterocycles. The Morgan fingerprint density at radius 2 is 2.04 bits per heavy atom. The molecule has 0 aliphatic carbocycles. The number of hydrogen-bond acceptors (Lipinski definition) is 6. The zero-order valence-corrected chi connectivity index (χ0v) is 15.6. The lowest BCUT2D eigenvalue weighted by Crippen LogP contribution is -2.38. The van der Waals surface area contributed by atoms with Crippen LogP contribution in [-0.4, -0.2) is 45.6 Å². The highest BCUT2D eigenvalue weighted by atomic mass is 32.2. The van der Waals surface area contributed by atoms with Gasteiger partial charge in [0.15, 0.2) is 5.82 Å². The topological polar surface area (TPSA) is 90.2 Å². The average Bonchev–Trinajstić information content (AvgIpc) is 3.12. The molecule has 4 rings (SSSR count). The van der Waals surface area contributed by atoms with Crippen LogP contribution >= 0.6 is 0 Å². The second-order valence-corrected chi connectivity index (χ2v) is 8.02. The first-order valence-corrected chi connectivity index (χ1v) is 10.1. The lowest BCUT2D eigenvalue weighted by molar-refractivity contribution is 0.333. The number of rotatable bonds is 5. The summed E-state index contributed by atoms with van der Waals surface area (Å²) in [5.74, 6) is 1.86. The van der Waals surface area contributed by atoms with Crippen LogP contribution in [0, 0.1) is 0 Å². The molecule has 0 N–H and O–H groups in total. The van der Waals surface area contributed by atoms with E-state index in [1.165, 1.54) is 4.31 Å². The minimum atomic E-state index is -3.64. The highest BCUT2D eigenvalue weighted by Gasteiger charge is 2.31. The van der Waals surface area contributed by atoms with Crippen LogP contribution in [0.4, 0.5) is 0 Å². The van der Waals surface area contributed by atoms with Crippen molar-refractivity contribution < 1.29 is 13.2 Å². The predicted molar refractivity (Wildman–Crippen MR) is 98.5 cm³/mol. The third kappa shape index (κ3) is 3.31. The molecule has 8 nitrogen and oxygen atoms in total. The maximum atomic E-state index is 13.0. The van der Waals surface area contributed by atoms with E-state index in [9.17, 15) is 8.42 Å². The van der Waals surface area contributed by atoms with Gasteiger partial charge in [-0.3, -0.25) is 4.98 Å². The molecule has 27 heavy (non-hydrogen) atoms. The summed E-state index contributed by atoms with van der Waals surface area (Å²) in [4.78, 5) is 4.32. The van der Waals surface area contributed by atoms with E-state index in [1.807, 2.05) is 23.6 Å². The standard InChI is InChI=1S/C18H19N5O3S/c1-2-26-15-6-3-7-16(11-15)27(24,25)22-9-10-23-17(13-22)20-21-18(23)14-5-4-8-19-12-14/h3-8,11-12H,2,9-10,13H2,1H3. The SMILES string of the molecule is CCOc1cccc(S(=O)(=O)N2CCn3c(nnc3-c3cccnc3)C2)c1. The third-order valence-electron chi connectivity index (χ3n) is 4.39. The highest BCUT2D eigenvalue weighted by molar-refractivity contribution is 7.89. The van der Waals surface area contributed by atoms with Gasteiger partial charge in [-0.2, -0.15) is 4.31 Å². The van der Waals surface area contributed by atoms with Crippen LogP contribution in [0.3, 0.4) is 0 Å². The minimum Gasteiger partial charge on any atom is -0.494 e. The van der Waals surface area contributed by atoms with Gasteiger partial charge < -0.3 is 9.30 Å². The van der Waals surface area contributed by atoms with E-state index in [0.29, 0.717) is 37.1 Å². The molecule has 1 aliphatic heterocycles. The van der Waals surface area contributed by atoms with Crippen molar-refractivity contribution in [2.45, 2.75) is 24.9 Å². The largest absolute Gasteiger partial charge is 0.494 e. The number of hydrogen-bond donors (Lipinski definition) is 0. The monoisotopic (exact) mass is 385 g/mol. The van der Waals surface area contributed by atoms with Gasteiger partial charge in [0.25, 0.3) is 0 Å². The fourth-order valence-electron chi connectivity index (χ4n) is 3.09. The Bertz CT molecular complexity index is 1050. The van der Waals surface area contributed by atoms with Gasteiger partial charge in [-0.15, -0.1) is 10.2 Å². The number of aromatic nitrogens is 4. The van der Waals surface area contributed by atoms with E-state index in [-0.39, 0.29) is 11.4 Å². The van der Waals surface area contributed by atoms with Gasteiger partial charge in [0.2, 0.25) is 10.0 Å². The van der Waals surface area contributed by atoms with Crippen LogP contribution in [0.1, 0.15) is 12.7 Å². The van der Waals surface area contributed by atoms with Crippen molar-refractivity contribution >= 4 is 10.0 Å². The molecule has 0 atom stereocenters. The van der Waals surface area contributed by atoms with Gasteiger partial charge >= 0.3 is 0 Å². The first-order valence-electron chi connectivity index (χ1n) is 8.65. The molecule has 1 aliphatic rings. The van der Waals surface area contributed by atoms with Gasteiger partial charge in [-0.25, -0.2) is 8.42 Å². The molecular weight excluding hydrogens is 366 g/mol. The molecule has 0 radical (unpaired) electrons. The fraction of sp³-hybridized carbons (Fsp3) is 0.278. The van der Waals surface area contributed by atoms with Gasteiger partial charge in [0.1, 0.15) is 11.6 Å². The molecule has 0 fully saturated rings. The Morgan fingerprint density at radius 3 is 2.81 bits per heavy atom. The highest BCUT2D eigenvalue weighted by Crippen LogP contribution is 2.26. The number of fused-ring (bicyclic) bond motifs is 1. The van der Waals surface area contributed by atoms with Crippen LogP contribution in [0.5, 0.6) is 5.75 Å². The Morgan fingerprint density at radius 1 is 1.15 bits per heavy atom. The Kier molecular flexibility index (Phi) is 4.63. The summed E-state index contributed by atoms with van der Waals surface area (Å²) < 4.78 is 34.9. The first kappa shape index (κ1) is 17.6. The van der Waals surface area contributed by atoms with Crippen LogP contribution in [0.2, 0.25) is 0 Å². The number of nitrogens with zero attached hydrogens (tertiary/aromatic N) is 5. The number of sulfonamides is 1. The molecule has 0 saturated heterocycles. The van der Waals surface area contributed by atoms with Crippen LogP contribution < -0.4 is 4.74 Å². The summed E-state index contributed by atoms with van der Waals surface area (Å²) in [5, 5.41) is 8.42. The van der Waals surface area contributed by atoms with Crippen molar-refractivity contribution in [3.63, 3.8) is 0 Å². The molecule has 0 bridgehead atoms. The molecule has 0 saturated carbocycles. The second-order valence-electron chi connectivity index (χ2n) is 6.08. The predicted octanol–water partition coefficient (Wildman–Crippen LogP) is 1.94. The molecule has 9 heteroatoms. The Hall–Kier alpha value is -2.78. The number of pyridine rings is 1. The van der Waals surface area contributed by atoms with Crippen LogP contribution in [0.15, 0.2) is 53.7 Å². The quantitative estimate of drug-likeness (QED) is 0.667. The zero-order valence-electron chi connectivity index (χ0n) is 14.8. The fourth-order valence-corrected chi connectivity index (χ4v) is 4.51. The van der Waals surface area contributed by atoms with E-state index in [1.54, 1.807) is 36.7 Å². The number of ether oxygens (including phenoxy) is 1. The Labute approximate surface area is 157 Å². The molecular formula is C18H19N5O3S. The summed E-state index contributed by atoms with van der Waals surface area (Å²) in [6.07, 6.45) is 3.42. The lowest BCUT2D eigenvalue weighted by Gasteiger charge is -2.27. The van der Waals surface area contributed by atoms with E-state index in [4.69, 9.17) is 4.74 Å². The molecule has 0 spiro atoms. The molecule has 0 unspecified atom stereocenters. The van der Waals surface area contributed by atoms with Gasteiger partial charge in [-0.05, 0) is 31.2 Å². The summed E-state index contributed by atoms with van der Waals surface area (Å²) >= 11 is 0. The van der Waals surface area contributed by atoms with Crippen molar-refractivity contribution in [2.24, 2.45) is 0 Å². The van der Waals surface area contributed by atoms with Gasteiger partial charge in [0.05, 0.1) is 18.0 Å². The molecule has 0 amide bonds. The van der Waals surface area contributed by atoms with Crippen molar-refractivity contribution in [1.29, 1.82) is 0 Å². The number of benzene rings is 1. The maximum Gasteiger partial charge on any atom is 0.243 e. The maximum absolute atomic E-state index is 13.0. The zero-order chi connectivity index (χ0) is 18.9. The van der Waals surface area contributed by atoms with E-state index >= 15 is 0 Å². The van der Waals surface area contributed by atoms with E-state index in [0.717, 1.165) is 5.56 Å².